The highest BCUT2D eigenvalue weighted by Crippen LogP contribution is 2.63. The van der Waals surface area contributed by atoms with Crippen LogP contribution in [-0.4, -0.2) is 14.1 Å². The maximum Gasteiger partial charge on any atom is 0.276 e. The molecule has 2 aliphatic carbocycles. The van der Waals surface area contributed by atoms with E-state index in [-0.39, 0.29) is 10.8 Å². The third-order valence-electron chi connectivity index (χ3n) is 6.43. The summed E-state index contributed by atoms with van der Waals surface area (Å²) in [5.41, 5.74) is 3.00. The Morgan fingerprint density at radius 3 is 2.43 bits per heavy atom. The minimum absolute atomic E-state index is 0.00249. The Kier molecular flexibility index (Phi) is 3.63. The zero-order valence-corrected chi connectivity index (χ0v) is 15.4. The van der Waals surface area contributed by atoms with Gasteiger partial charge in [-0.2, -0.15) is 13.5 Å². The summed E-state index contributed by atoms with van der Waals surface area (Å²) < 4.78 is 25.1. The van der Waals surface area contributed by atoms with E-state index in [1.807, 2.05) is 26.0 Å². The van der Waals surface area contributed by atoms with Gasteiger partial charge in [-0.05, 0) is 56.1 Å². The maximum atomic E-state index is 12.6. The van der Waals surface area contributed by atoms with Gasteiger partial charge in [-0.25, -0.2) is 4.83 Å². The molecule has 0 heterocycles. The van der Waals surface area contributed by atoms with Crippen LogP contribution in [0.25, 0.3) is 0 Å². The second-order valence-corrected chi connectivity index (χ2v) is 9.54. The van der Waals surface area contributed by atoms with Crippen molar-refractivity contribution >= 4 is 15.7 Å². The first-order valence-electron chi connectivity index (χ1n) is 8.24. The Balaban J connectivity index is 1.88. The number of hydrogen-bond donors (Lipinski definition) is 1. The van der Waals surface area contributed by atoms with Crippen molar-refractivity contribution in [3.05, 3.63) is 29.3 Å². The summed E-state index contributed by atoms with van der Waals surface area (Å²) in [6.45, 7) is 10.6. The van der Waals surface area contributed by atoms with E-state index in [9.17, 15) is 8.42 Å². The molecule has 2 fully saturated rings. The monoisotopic (exact) mass is 334 g/mol. The number of sulfonamides is 1. The second kappa shape index (κ2) is 5.07. The Morgan fingerprint density at radius 1 is 1.22 bits per heavy atom. The standard InChI is InChI=1S/C18H26N2O2S/c1-12-6-7-15(13(2)10-12)23(21,22)20-19-16-11-14-8-9-18(16,5)17(14,3)4/h6-7,10,14,20H,8-9,11H2,1-5H3/b19-16-/t14-,18-/m0/s1. The predicted octanol–water partition coefficient (Wildman–Crippen LogP) is 3.78. The highest BCUT2D eigenvalue weighted by atomic mass is 32.2. The molecule has 126 valence electrons. The molecule has 0 spiro atoms. The Bertz CT molecular complexity index is 780. The van der Waals surface area contributed by atoms with E-state index in [1.54, 1.807) is 6.07 Å². The highest BCUT2D eigenvalue weighted by molar-refractivity contribution is 7.89. The number of rotatable bonds is 3. The topological polar surface area (TPSA) is 58.5 Å². The molecule has 0 aliphatic heterocycles. The number of hydrazone groups is 1. The summed E-state index contributed by atoms with van der Waals surface area (Å²) in [4.78, 5) is 2.79. The summed E-state index contributed by atoms with van der Waals surface area (Å²) >= 11 is 0. The largest absolute Gasteiger partial charge is 0.276 e. The fourth-order valence-electron chi connectivity index (χ4n) is 4.36. The van der Waals surface area contributed by atoms with Crippen molar-refractivity contribution in [3.8, 4) is 0 Å². The maximum absolute atomic E-state index is 12.6. The normalized spacial score (nSPS) is 30.8. The molecule has 1 aromatic carbocycles. The van der Waals surface area contributed by atoms with Crippen molar-refractivity contribution in [2.45, 2.75) is 58.8 Å². The van der Waals surface area contributed by atoms with Crippen LogP contribution in [0.1, 0.15) is 51.2 Å². The molecule has 0 radical (unpaired) electrons. The van der Waals surface area contributed by atoms with Gasteiger partial charge in [-0.1, -0.05) is 38.5 Å². The van der Waals surface area contributed by atoms with Gasteiger partial charge in [0.1, 0.15) is 0 Å². The van der Waals surface area contributed by atoms with Gasteiger partial charge in [-0.15, -0.1) is 0 Å². The smallest absolute Gasteiger partial charge is 0.200 e. The molecule has 0 aromatic heterocycles. The number of hydrogen-bond acceptors (Lipinski definition) is 3. The van der Waals surface area contributed by atoms with Gasteiger partial charge in [0, 0.05) is 11.1 Å². The first-order valence-corrected chi connectivity index (χ1v) is 9.72. The molecule has 1 N–H and O–H groups in total. The Hall–Kier alpha value is -1.36. The van der Waals surface area contributed by atoms with Gasteiger partial charge < -0.3 is 0 Å². The van der Waals surface area contributed by atoms with Gasteiger partial charge in [0.2, 0.25) is 0 Å². The number of fused-ring (bicyclic) bond motifs is 2. The summed E-state index contributed by atoms with van der Waals surface area (Å²) in [7, 11) is -3.61. The molecule has 2 saturated carbocycles. The third kappa shape index (κ3) is 2.40. The summed E-state index contributed by atoms with van der Waals surface area (Å²) in [6, 6.07) is 5.35. The van der Waals surface area contributed by atoms with Crippen molar-refractivity contribution < 1.29 is 8.42 Å². The van der Waals surface area contributed by atoms with Crippen molar-refractivity contribution in [3.63, 3.8) is 0 Å². The quantitative estimate of drug-likeness (QED) is 0.855. The van der Waals surface area contributed by atoms with E-state index in [1.165, 1.54) is 6.42 Å². The minimum Gasteiger partial charge on any atom is -0.200 e. The lowest BCUT2D eigenvalue weighted by molar-refractivity contribution is 0.193. The minimum atomic E-state index is -3.61. The molecule has 2 atom stereocenters. The van der Waals surface area contributed by atoms with Crippen molar-refractivity contribution in [1.82, 2.24) is 4.83 Å². The zero-order chi connectivity index (χ0) is 17.0. The SMILES string of the molecule is Cc1ccc(S(=O)(=O)N/N=C2/C[C@@H]3CC[C@]2(C)C3(C)C)c(C)c1. The molecule has 1 aromatic rings. The van der Waals surface area contributed by atoms with Crippen LogP contribution in [0.15, 0.2) is 28.2 Å². The molecule has 23 heavy (non-hydrogen) atoms. The van der Waals surface area contributed by atoms with Gasteiger partial charge in [0.15, 0.2) is 0 Å². The zero-order valence-electron chi connectivity index (χ0n) is 14.6. The molecule has 2 bridgehead atoms. The molecule has 0 unspecified atom stereocenters. The Labute approximate surface area is 139 Å². The van der Waals surface area contributed by atoms with Crippen LogP contribution >= 0.6 is 0 Å². The van der Waals surface area contributed by atoms with Crippen LogP contribution in [0.2, 0.25) is 0 Å². The Morgan fingerprint density at radius 2 is 1.91 bits per heavy atom. The fourth-order valence-corrected chi connectivity index (χ4v) is 5.42. The lowest BCUT2D eigenvalue weighted by Crippen LogP contribution is -2.34. The second-order valence-electron chi connectivity index (χ2n) is 7.92. The third-order valence-corrected chi connectivity index (χ3v) is 7.80. The summed E-state index contributed by atoms with van der Waals surface area (Å²) in [5.74, 6) is 0.608. The molecule has 3 rings (SSSR count). The molecule has 0 saturated heterocycles. The van der Waals surface area contributed by atoms with Gasteiger partial charge >= 0.3 is 0 Å². The average Bonchev–Trinajstić information content (AvgIpc) is 2.77. The van der Waals surface area contributed by atoms with Crippen molar-refractivity contribution in [2.24, 2.45) is 21.8 Å². The lowest BCUT2D eigenvalue weighted by Gasteiger charge is -2.34. The molecular weight excluding hydrogens is 308 g/mol. The van der Waals surface area contributed by atoms with E-state index in [0.717, 1.165) is 29.7 Å². The van der Waals surface area contributed by atoms with Gasteiger partial charge in [0.25, 0.3) is 10.0 Å². The number of aryl methyl sites for hydroxylation is 2. The number of nitrogens with zero attached hydrogens (tertiary/aromatic N) is 1. The first-order chi connectivity index (χ1) is 10.6. The van der Waals surface area contributed by atoms with Crippen LogP contribution in [0, 0.1) is 30.6 Å². The van der Waals surface area contributed by atoms with Crippen molar-refractivity contribution in [1.29, 1.82) is 0 Å². The first kappa shape index (κ1) is 16.5. The summed E-state index contributed by atoms with van der Waals surface area (Å²) in [6.07, 6.45) is 3.21. The van der Waals surface area contributed by atoms with E-state index in [2.05, 4.69) is 30.7 Å². The number of benzene rings is 1. The fraction of sp³-hybridized carbons (Fsp3) is 0.611. The van der Waals surface area contributed by atoms with E-state index >= 15 is 0 Å². The van der Waals surface area contributed by atoms with E-state index in [4.69, 9.17) is 0 Å². The molecule has 0 amide bonds. The predicted molar refractivity (Wildman–Crippen MR) is 92.9 cm³/mol. The van der Waals surface area contributed by atoms with Crippen LogP contribution in [-0.2, 0) is 10.0 Å². The van der Waals surface area contributed by atoms with E-state index in [0.29, 0.717) is 10.8 Å². The highest BCUT2D eigenvalue weighted by Gasteiger charge is 2.60. The van der Waals surface area contributed by atoms with E-state index < -0.39 is 10.0 Å². The van der Waals surface area contributed by atoms with Crippen LogP contribution in [0.4, 0.5) is 0 Å². The van der Waals surface area contributed by atoms with Gasteiger partial charge in [0.05, 0.1) is 4.90 Å². The summed E-state index contributed by atoms with van der Waals surface area (Å²) in [5, 5.41) is 4.36. The molecular formula is C18H26N2O2S. The molecule has 5 heteroatoms. The van der Waals surface area contributed by atoms with Crippen molar-refractivity contribution in [2.75, 3.05) is 0 Å². The van der Waals surface area contributed by atoms with Gasteiger partial charge in [-0.3, -0.25) is 0 Å². The lowest BCUT2D eigenvalue weighted by atomic mass is 9.70. The molecule has 2 aliphatic rings. The van der Waals surface area contributed by atoms with Crippen LogP contribution in [0.3, 0.4) is 0 Å². The molecule has 4 nitrogen and oxygen atoms in total. The van der Waals surface area contributed by atoms with Crippen LogP contribution < -0.4 is 4.83 Å². The average molecular weight is 334 g/mol. The number of nitrogens with one attached hydrogen (secondary N) is 1. The van der Waals surface area contributed by atoms with Crippen LogP contribution in [0.5, 0.6) is 0 Å².